The number of aryl methyl sites for hydroxylation is 1. The zero-order valence-corrected chi connectivity index (χ0v) is 11.7. The summed E-state index contributed by atoms with van der Waals surface area (Å²) in [6.07, 6.45) is 0.341. The molecule has 106 valence electrons. The van der Waals surface area contributed by atoms with Gasteiger partial charge in [0, 0.05) is 11.1 Å². The van der Waals surface area contributed by atoms with E-state index in [1.54, 1.807) is 0 Å². The topological polar surface area (TPSA) is 38.0 Å². The van der Waals surface area contributed by atoms with Gasteiger partial charge in [0.2, 0.25) is 0 Å². The number of hydrogen-bond donors (Lipinski definition) is 2. The summed E-state index contributed by atoms with van der Waals surface area (Å²) in [6.45, 7) is 1.93. The van der Waals surface area contributed by atoms with Gasteiger partial charge in [-0.05, 0) is 48.2 Å². The molecule has 2 aromatic rings. The van der Waals surface area contributed by atoms with Gasteiger partial charge < -0.3 is 0 Å². The van der Waals surface area contributed by atoms with E-state index in [9.17, 15) is 8.78 Å². The fourth-order valence-electron chi connectivity index (χ4n) is 2.14. The van der Waals surface area contributed by atoms with Crippen molar-refractivity contribution in [2.75, 3.05) is 0 Å². The summed E-state index contributed by atoms with van der Waals surface area (Å²) in [5, 5.41) is 0.574. The van der Waals surface area contributed by atoms with E-state index >= 15 is 0 Å². The molecule has 20 heavy (non-hydrogen) atoms. The van der Waals surface area contributed by atoms with Crippen LogP contribution in [0, 0.1) is 18.6 Å². The first-order valence-corrected chi connectivity index (χ1v) is 6.54. The molecule has 0 heterocycles. The first-order valence-electron chi connectivity index (χ1n) is 6.16. The van der Waals surface area contributed by atoms with Crippen LogP contribution in [0.25, 0.3) is 0 Å². The van der Waals surface area contributed by atoms with Crippen LogP contribution in [-0.2, 0) is 6.42 Å². The summed E-state index contributed by atoms with van der Waals surface area (Å²) in [6, 6.07) is 8.70. The molecular weight excluding hydrogens is 282 g/mol. The predicted octanol–water partition coefficient (Wildman–Crippen LogP) is 3.67. The maximum absolute atomic E-state index is 13.2. The van der Waals surface area contributed by atoms with Crippen LogP contribution in [0.4, 0.5) is 8.78 Å². The van der Waals surface area contributed by atoms with Gasteiger partial charge in [-0.15, -0.1) is 0 Å². The van der Waals surface area contributed by atoms with Gasteiger partial charge in [0.15, 0.2) is 0 Å². The highest BCUT2D eigenvalue weighted by atomic mass is 35.5. The quantitative estimate of drug-likeness (QED) is 0.667. The third-order valence-corrected chi connectivity index (χ3v) is 3.42. The molecule has 2 rings (SSSR count). The SMILES string of the molecule is Cc1ccc(C(Cc2cc(F)cc(F)c2)NN)c(Cl)c1. The van der Waals surface area contributed by atoms with Gasteiger partial charge in [0.25, 0.3) is 0 Å². The highest BCUT2D eigenvalue weighted by molar-refractivity contribution is 6.31. The summed E-state index contributed by atoms with van der Waals surface area (Å²) < 4.78 is 26.4. The summed E-state index contributed by atoms with van der Waals surface area (Å²) in [4.78, 5) is 0. The maximum Gasteiger partial charge on any atom is 0.126 e. The number of hydrazine groups is 1. The minimum absolute atomic E-state index is 0.315. The number of hydrogen-bond acceptors (Lipinski definition) is 2. The highest BCUT2D eigenvalue weighted by Crippen LogP contribution is 2.26. The molecule has 0 aromatic heterocycles. The van der Waals surface area contributed by atoms with Crippen molar-refractivity contribution in [3.05, 3.63) is 69.7 Å². The van der Waals surface area contributed by atoms with E-state index < -0.39 is 11.6 Å². The molecule has 0 aliphatic carbocycles. The van der Waals surface area contributed by atoms with Crippen molar-refractivity contribution >= 4 is 11.6 Å². The fourth-order valence-corrected chi connectivity index (χ4v) is 2.50. The molecule has 2 aromatic carbocycles. The Bertz CT molecular complexity index is 597. The van der Waals surface area contributed by atoms with Crippen LogP contribution >= 0.6 is 11.6 Å². The van der Waals surface area contributed by atoms with Crippen LogP contribution in [-0.4, -0.2) is 0 Å². The average molecular weight is 297 g/mol. The largest absolute Gasteiger partial charge is 0.271 e. The van der Waals surface area contributed by atoms with Gasteiger partial charge >= 0.3 is 0 Å². The second kappa shape index (κ2) is 6.31. The van der Waals surface area contributed by atoms with E-state index in [1.807, 2.05) is 25.1 Å². The zero-order valence-electron chi connectivity index (χ0n) is 11.0. The number of halogens is 3. The van der Waals surface area contributed by atoms with Crippen LogP contribution in [0.2, 0.25) is 5.02 Å². The number of nitrogens with one attached hydrogen (secondary N) is 1. The number of nitrogens with two attached hydrogens (primary N) is 1. The standard InChI is InChI=1S/C15H15ClF2N2/c1-9-2-3-13(14(16)4-9)15(20-19)7-10-5-11(17)8-12(18)6-10/h2-6,8,15,20H,7,19H2,1H3. The minimum Gasteiger partial charge on any atom is -0.271 e. The first kappa shape index (κ1) is 14.9. The van der Waals surface area contributed by atoms with E-state index in [2.05, 4.69) is 5.43 Å². The van der Waals surface area contributed by atoms with Crippen LogP contribution < -0.4 is 11.3 Å². The summed E-state index contributed by atoms with van der Waals surface area (Å²) in [5.74, 6) is 4.33. The Labute approximate surface area is 121 Å². The monoisotopic (exact) mass is 296 g/mol. The highest BCUT2D eigenvalue weighted by Gasteiger charge is 2.15. The second-order valence-corrected chi connectivity index (χ2v) is 5.13. The summed E-state index contributed by atoms with van der Waals surface area (Å²) in [7, 11) is 0. The lowest BCUT2D eigenvalue weighted by atomic mass is 9.98. The molecule has 1 unspecified atom stereocenters. The number of benzene rings is 2. The van der Waals surface area contributed by atoms with Crippen molar-refractivity contribution in [1.29, 1.82) is 0 Å². The molecule has 0 bridgehead atoms. The first-order chi connectivity index (χ1) is 9.49. The molecule has 5 heteroatoms. The minimum atomic E-state index is -0.606. The molecule has 0 aliphatic heterocycles. The van der Waals surface area contributed by atoms with Crippen molar-refractivity contribution < 1.29 is 8.78 Å². The predicted molar refractivity (Wildman–Crippen MR) is 76.3 cm³/mol. The van der Waals surface area contributed by atoms with Gasteiger partial charge in [-0.3, -0.25) is 11.3 Å². The third-order valence-electron chi connectivity index (χ3n) is 3.09. The molecule has 0 fully saturated rings. The van der Waals surface area contributed by atoms with Crippen LogP contribution in [0.3, 0.4) is 0 Å². The Hall–Kier alpha value is -1.49. The average Bonchev–Trinajstić information content (AvgIpc) is 2.35. The Kier molecular flexibility index (Phi) is 4.70. The van der Waals surface area contributed by atoms with Gasteiger partial charge in [0.05, 0.1) is 6.04 Å². The Morgan fingerprint density at radius 3 is 2.35 bits per heavy atom. The van der Waals surface area contributed by atoms with Gasteiger partial charge in [-0.25, -0.2) is 8.78 Å². The van der Waals surface area contributed by atoms with Crippen molar-refractivity contribution in [2.45, 2.75) is 19.4 Å². The molecule has 2 nitrogen and oxygen atoms in total. The van der Waals surface area contributed by atoms with Gasteiger partial charge in [-0.2, -0.15) is 0 Å². The summed E-state index contributed by atoms with van der Waals surface area (Å²) in [5.41, 5.74) is 4.98. The van der Waals surface area contributed by atoms with E-state index in [-0.39, 0.29) is 6.04 Å². The Morgan fingerprint density at radius 1 is 1.15 bits per heavy atom. The lowest BCUT2D eigenvalue weighted by Gasteiger charge is -2.18. The van der Waals surface area contributed by atoms with Crippen molar-refractivity contribution in [1.82, 2.24) is 5.43 Å². The number of rotatable bonds is 4. The lowest BCUT2D eigenvalue weighted by Crippen LogP contribution is -2.29. The van der Waals surface area contributed by atoms with Crippen LogP contribution in [0.15, 0.2) is 36.4 Å². The van der Waals surface area contributed by atoms with Crippen LogP contribution in [0.1, 0.15) is 22.7 Å². The van der Waals surface area contributed by atoms with Crippen molar-refractivity contribution in [3.8, 4) is 0 Å². The molecule has 0 saturated heterocycles. The Morgan fingerprint density at radius 2 is 1.80 bits per heavy atom. The smallest absolute Gasteiger partial charge is 0.126 e. The third kappa shape index (κ3) is 3.54. The summed E-state index contributed by atoms with van der Waals surface area (Å²) >= 11 is 6.19. The molecular formula is C15H15ClF2N2. The Balaban J connectivity index is 2.28. The van der Waals surface area contributed by atoms with E-state index in [4.69, 9.17) is 17.4 Å². The van der Waals surface area contributed by atoms with Crippen molar-refractivity contribution in [2.24, 2.45) is 5.84 Å². The molecule has 0 amide bonds. The van der Waals surface area contributed by atoms with E-state index in [0.29, 0.717) is 17.0 Å². The second-order valence-electron chi connectivity index (χ2n) is 4.73. The maximum atomic E-state index is 13.2. The van der Waals surface area contributed by atoms with Crippen molar-refractivity contribution in [3.63, 3.8) is 0 Å². The lowest BCUT2D eigenvalue weighted by molar-refractivity contribution is 0.540. The van der Waals surface area contributed by atoms with Gasteiger partial charge in [0.1, 0.15) is 11.6 Å². The molecule has 0 spiro atoms. The fraction of sp³-hybridized carbons (Fsp3) is 0.200. The molecule has 0 aliphatic rings. The molecule has 0 radical (unpaired) electrons. The molecule has 1 atom stereocenters. The zero-order chi connectivity index (χ0) is 14.7. The van der Waals surface area contributed by atoms with E-state index in [0.717, 1.165) is 17.2 Å². The normalized spacial score (nSPS) is 12.4. The molecule has 3 N–H and O–H groups in total. The molecule has 0 saturated carbocycles. The van der Waals surface area contributed by atoms with Crippen LogP contribution in [0.5, 0.6) is 0 Å². The van der Waals surface area contributed by atoms with Gasteiger partial charge in [-0.1, -0.05) is 23.7 Å². The van der Waals surface area contributed by atoms with E-state index in [1.165, 1.54) is 12.1 Å².